The van der Waals surface area contributed by atoms with Crippen LogP contribution < -0.4 is 20.5 Å². The SMILES string of the molecule is CC(OC(N)=O)c1oc(-c2ccc(OC(F)F)c(OCC3CC3)c2)nc1C(=O)NCc1c(Cl)cncc1Cl. The molecule has 0 aliphatic heterocycles. The maximum atomic E-state index is 13.1. The summed E-state index contributed by atoms with van der Waals surface area (Å²) in [6.07, 6.45) is 2.54. The minimum atomic E-state index is -3.05. The molecule has 0 radical (unpaired) electrons. The van der Waals surface area contributed by atoms with E-state index < -0.39 is 24.7 Å². The van der Waals surface area contributed by atoms with Gasteiger partial charge in [-0.2, -0.15) is 8.78 Å². The van der Waals surface area contributed by atoms with E-state index in [1.54, 1.807) is 0 Å². The molecule has 0 saturated heterocycles. The molecule has 14 heteroatoms. The fraction of sp³-hybridized carbons (Fsp3) is 0.333. The lowest BCUT2D eigenvalue weighted by Crippen LogP contribution is -2.25. The third-order valence-corrected chi connectivity index (χ3v) is 6.14. The minimum Gasteiger partial charge on any atom is -0.489 e. The van der Waals surface area contributed by atoms with Crippen molar-refractivity contribution in [3.8, 4) is 23.0 Å². The summed E-state index contributed by atoms with van der Waals surface area (Å²) < 4.78 is 46.8. The Morgan fingerprint density at radius 3 is 2.55 bits per heavy atom. The van der Waals surface area contributed by atoms with Crippen molar-refractivity contribution in [1.29, 1.82) is 0 Å². The van der Waals surface area contributed by atoms with E-state index in [1.165, 1.54) is 37.5 Å². The number of nitrogens with zero attached hydrogens (tertiary/aromatic N) is 2. The molecule has 38 heavy (non-hydrogen) atoms. The van der Waals surface area contributed by atoms with Gasteiger partial charge in [-0.25, -0.2) is 9.78 Å². The zero-order valence-corrected chi connectivity index (χ0v) is 21.4. The molecule has 1 unspecified atom stereocenters. The van der Waals surface area contributed by atoms with Crippen LogP contribution in [0.3, 0.4) is 0 Å². The summed E-state index contributed by atoms with van der Waals surface area (Å²) in [5.74, 6) is -0.617. The summed E-state index contributed by atoms with van der Waals surface area (Å²) in [5.41, 5.74) is 5.65. The Morgan fingerprint density at radius 1 is 1.21 bits per heavy atom. The van der Waals surface area contributed by atoms with Crippen LogP contribution in [0.2, 0.25) is 10.0 Å². The molecule has 3 aromatic rings. The van der Waals surface area contributed by atoms with Gasteiger partial charge in [-0.15, -0.1) is 0 Å². The Hall–Kier alpha value is -3.64. The van der Waals surface area contributed by atoms with Crippen LogP contribution in [0.25, 0.3) is 11.5 Å². The zero-order valence-electron chi connectivity index (χ0n) is 19.9. The highest BCUT2D eigenvalue weighted by Crippen LogP contribution is 2.37. The Labute approximate surface area is 225 Å². The highest BCUT2D eigenvalue weighted by Gasteiger charge is 2.28. The van der Waals surface area contributed by atoms with E-state index in [2.05, 4.69) is 20.0 Å². The van der Waals surface area contributed by atoms with Crippen molar-refractivity contribution in [3.05, 3.63) is 57.7 Å². The van der Waals surface area contributed by atoms with Gasteiger partial charge in [0, 0.05) is 30.1 Å². The number of oxazole rings is 1. The summed E-state index contributed by atoms with van der Waals surface area (Å²) in [6.45, 7) is -1.35. The molecule has 0 spiro atoms. The molecule has 1 aliphatic rings. The van der Waals surface area contributed by atoms with Crippen molar-refractivity contribution in [2.45, 2.75) is 39.0 Å². The Balaban J connectivity index is 1.65. The first kappa shape index (κ1) is 27.4. The molecule has 1 atom stereocenters. The predicted molar refractivity (Wildman–Crippen MR) is 131 cm³/mol. The van der Waals surface area contributed by atoms with Gasteiger partial charge in [0.25, 0.3) is 5.91 Å². The molecule has 2 heterocycles. The van der Waals surface area contributed by atoms with Crippen LogP contribution in [0.4, 0.5) is 13.6 Å². The maximum absolute atomic E-state index is 13.1. The standard InChI is InChI=1S/C24H22Cl2F2N4O6/c1-11(36-24(29)34)20-19(21(33)31-7-14-15(25)8-30-9-16(14)26)32-22(38-20)13-4-5-17(37-23(27)28)18(6-13)35-10-12-2-3-12/h4-6,8-9,11-12,23H,2-3,7,10H2,1H3,(H2,29,34)(H,31,33). The number of ether oxygens (including phenoxy) is 3. The van der Waals surface area contributed by atoms with Crippen molar-refractivity contribution in [2.75, 3.05) is 6.61 Å². The van der Waals surface area contributed by atoms with Crippen molar-refractivity contribution in [3.63, 3.8) is 0 Å². The number of aromatic nitrogens is 2. The van der Waals surface area contributed by atoms with Crippen molar-refractivity contribution in [2.24, 2.45) is 11.7 Å². The number of alkyl halides is 2. The summed E-state index contributed by atoms with van der Waals surface area (Å²) in [5, 5.41) is 3.12. The second-order valence-corrected chi connectivity index (χ2v) is 9.18. The molecule has 1 fully saturated rings. The van der Waals surface area contributed by atoms with Gasteiger partial charge in [-0.3, -0.25) is 9.78 Å². The van der Waals surface area contributed by atoms with E-state index in [-0.39, 0.29) is 45.4 Å². The topological polar surface area (TPSA) is 139 Å². The van der Waals surface area contributed by atoms with Gasteiger partial charge in [-0.1, -0.05) is 23.2 Å². The summed E-state index contributed by atoms with van der Waals surface area (Å²) in [4.78, 5) is 32.6. The lowest BCUT2D eigenvalue weighted by atomic mass is 10.2. The molecule has 2 aromatic heterocycles. The fourth-order valence-corrected chi connectivity index (χ4v) is 3.92. The van der Waals surface area contributed by atoms with Crippen LogP contribution in [0, 0.1) is 5.92 Å². The summed E-state index contributed by atoms with van der Waals surface area (Å²) in [6, 6.07) is 4.10. The first-order valence-corrected chi connectivity index (χ1v) is 12.1. The van der Waals surface area contributed by atoms with Crippen LogP contribution in [-0.4, -0.2) is 35.2 Å². The average molecular weight is 571 g/mol. The Morgan fingerprint density at radius 2 is 1.92 bits per heavy atom. The monoisotopic (exact) mass is 570 g/mol. The van der Waals surface area contributed by atoms with Gasteiger partial charge in [0.2, 0.25) is 5.89 Å². The van der Waals surface area contributed by atoms with E-state index in [0.29, 0.717) is 23.7 Å². The Bertz CT molecular complexity index is 1310. The fourth-order valence-electron chi connectivity index (χ4n) is 3.42. The normalized spacial score (nSPS) is 13.7. The van der Waals surface area contributed by atoms with Gasteiger partial charge < -0.3 is 29.7 Å². The second-order valence-electron chi connectivity index (χ2n) is 8.37. The van der Waals surface area contributed by atoms with Crippen LogP contribution in [0.15, 0.2) is 35.0 Å². The van der Waals surface area contributed by atoms with E-state index >= 15 is 0 Å². The Kier molecular flexibility index (Phi) is 8.52. The molecule has 3 N–H and O–H groups in total. The highest BCUT2D eigenvalue weighted by atomic mass is 35.5. The van der Waals surface area contributed by atoms with Gasteiger partial charge >= 0.3 is 12.7 Å². The van der Waals surface area contributed by atoms with Gasteiger partial charge in [0.1, 0.15) is 0 Å². The molecule has 202 valence electrons. The highest BCUT2D eigenvalue weighted by molar-refractivity contribution is 6.35. The maximum Gasteiger partial charge on any atom is 0.405 e. The molecule has 1 saturated carbocycles. The van der Waals surface area contributed by atoms with Crippen LogP contribution in [0.1, 0.15) is 47.7 Å². The lowest BCUT2D eigenvalue weighted by Gasteiger charge is -2.13. The molecule has 4 rings (SSSR count). The second kappa shape index (κ2) is 11.8. The van der Waals surface area contributed by atoms with E-state index in [1.807, 2.05) is 0 Å². The zero-order chi connectivity index (χ0) is 27.4. The number of carbonyl (C=O) groups excluding carboxylic acids is 2. The van der Waals surface area contributed by atoms with Crippen LogP contribution in [-0.2, 0) is 11.3 Å². The molecule has 0 bridgehead atoms. The van der Waals surface area contributed by atoms with E-state index in [0.717, 1.165) is 12.8 Å². The molecular weight excluding hydrogens is 549 g/mol. The molecular formula is C24H22Cl2F2N4O6. The smallest absolute Gasteiger partial charge is 0.405 e. The number of hydrogen-bond acceptors (Lipinski definition) is 8. The third-order valence-electron chi connectivity index (χ3n) is 5.49. The number of primary amides is 1. The first-order valence-electron chi connectivity index (χ1n) is 11.4. The van der Waals surface area contributed by atoms with Gasteiger partial charge in [0.05, 0.1) is 16.7 Å². The number of pyridine rings is 1. The lowest BCUT2D eigenvalue weighted by molar-refractivity contribution is -0.0515. The molecule has 10 nitrogen and oxygen atoms in total. The summed E-state index contributed by atoms with van der Waals surface area (Å²) in [7, 11) is 0. The van der Waals surface area contributed by atoms with Gasteiger partial charge in [0.15, 0.2) is 29.1 Å². The number of benzene rings is 1. The number of rotatable bonds is 11. The molecule has 1 aliphatic carbocycles. The van der Waals surface area contributed by atoms with Crippen molar-refractivity contribution >= 4 is 35.2 Å². The van der Waals surface area contributed by atoms with Crippen molar-refractivity contribution in [1.82, 2.24) is 15.3 Å². The van der Waals surface area contributed by atoms with Crippen molar-refractivity contribution < 1.29 is 37.0 Å². The van der Waals surface area contributed by atoms with Crippen LogP contribution >= 0.6 is 23.2 Å². The average Bonchev–Trinajstić information content (AvgIpc) is 3.57. The quantitative estimate of drug-likeness (QED) is 0.307. The van der Waals surface area contributed by atoms with Crippen LogP contribution in [0.5, 0.6) is 11.5 Å². The third kappa shape index (κ3) is 6.81. The number of amides is 2. The number of halogens is 4. The van der Waals surface area contributed by atoms with Gasteiger partial charge in [-0.05, 0) is 43.9 Å². The number of nitrogens with two attached hydrogens (primary N) is 1. The largest absolute Gasteiger partial charge is 0.489 e. The van der Waals surface area contributed by atoms with E-state index in [4.69, 9.17) is 42.8 Å². The minimum absolute atomic E-state index is 0.0591. The first-order chi connectivity index (χ1) is 18.1. The number of nitrogens with one attached hydrogen (secondary N) is 1. The predicted octanol–water partition coefficient (Wildman–Crippen LogP) is 5.52. The number of carbonyl (C=O) groups is 2. The molecule has 2 amide bonds. The summed E-state index contributed by atoms with van der Waals surface area (Å²) >= 11 is 12.2. The molecule has 1 aromatic carbocycles. The number of hydrogen-bond donors (Lipinski definition) is 2. The van der Waals surface area contributed by atoms with E-state index in [9.17, 15) is 18.4 Å².